The van der Waals surface area contributed by atoms with E-state index in [0.29, 0.717) is 31.5 Å². The number of rotatable bonds is 4. The normalized spacial score (nSPS) is 18.8. The van der Waals surface area contributed by atoms with Crippen molar-refractivity contribution in [1.29, 1.82) is 5.26 Å². The topological polar surface area (TPSA) is 87.0 Å². The van der Waals surface area contributed by atoms with Crippen molar-refractivity contribution in [3.05, 3.63) is 47.4 Å². The molecule has 0 radical (unpaired) electrons. The minimum Gasteiger partial charge on any atom is -0.212 e. The highest BCUT2D eigenvalue weighted by atomic mass is 32.2. The summed E-state index contributed by atoms with van der Waals surface area (Å²) in [6.45, 7) is 0.574. The highest BCUT2D eigenvalue weighted by Gasteiger charge is 2.48. The van der Waals surface area contributed by atoms with Crippen LogP contribution in [0.5, 0.6) is 0 Å². The van der Waals surface area contributed by atoms with Crippen LogP contribution in [0.4, 0.5) is 4.39 Å². The zero-order valence-electron chi connectivity index (χ0n) is 14.0. The monoisotopic (exact) mass is 372 g/mol. The maximum atomic E-state index is 13.1. The fourth-order valence-electron chi connectivity index (χ4n) is 3.18. The van der Waals surface area contributed by atoms with Gasteiger partial charge >= 0.3 is 0 Å². The molecular formula is C18H17FN4O2S. The summed E-state index contributed by atoms with van der Waals surface area (Å²) in [5.74, 6) is -0.446. The Labute approximate surface area is 151 Å². The highest BCUT2D eigenvalue weighted by molar-refractivity contribution is 7.89. The van der Waals surface area contributed by atoms with E-state index in [2.05, 4.69) is 16.3 Å². The van der Waals surface area contributed by atoms with Gasteiger partial charge in [-0.1, -0.05) is 0 Å². The molecule has 0 atom stereocenters. The van der Waals surface area contributed by atoms with Gasteiger partial charge in [-0.25, -0.2) is 12.8 Å². The number of nitrogens with zero attached hydrogens (tertiary/aromatic N) is 4. The minimum atomic E-state index is -3.50. The second-order valence-electron chi connectivity index (χ2n) is 6.94. The molecule has 2 aliphatic rings. The third-order valence-electron chi connectivity index (χ3n) is 4.99. The van der Waals surface area contributed by atoms with Crippen LogP contribution in [0, 0.1) is 22.6 Å². The second kappa shape index (κ2) is 6.11. The smallest absolute Gasteiger partial charge is 0.212 e. The lowest BCUT2D eigenvalue weighted by molar-refractivity contribution is 0.383. The average molecular weight is 372 g/mol. The summed E-state index contributed by atoms with van der Waals surface area (Å²) in [5.41, 5.74) is 2.19. The van der Waals surface area contributed by atoms with Gasteiger partial charge in [-0.2, -0.15) is 19.8 Å². The first kappa shape index (κ1) is 17.1. The van der Waals surface area contributed by atoms with E-state index < -0.39 is 15.4 Å². The molecule has 1 aromatic heterocycles. The Balaban J connectivity index is 1.59. The van der Waals surface area contributed by atoms with Gasteiger partial charge in [0.25, 0.3) is 0 Å². The van der Waals surface area contributed by atoms with Crippen molar-refractivity contribution in [2.75, 3.05) is 12.3 Å². The van der Waals surface area contributed by atoms with E-state index in [9.17, 15) is 18.1 Å². The number of nitriles is 1. The fraction of sp³-hybridized carbons (Fsp3) is 0.389. The summed E-state index contributed by atoms with van der Waals surface area (Å²) in [5, 5.41) is 17.6. The van der Waals surface area contributed by atoms with Crippen LogP contribution in [0.2, 0.25) is 0 Å². The van der Waals surface area contributed by atoms with E-state index in [0.717, 1.165) is 16.8 Å². The van der Waals surface area contributed by atoms with Crippen LogP contribution in [-0.2, 0) is 23.0 Å². The molecule has 26 heavy (non-hydrogen) atoms. The lowest BCUT2D eigenvalue weighted by Gasteiger charge is -2.28. The average Bonchev–Trinajstić information content (AvgIpc) is 3.41. The summed E-state index contributed by atoms with van der Waals surface area (Å²) in [4.78, 5) is 0. The summed E-state index contributed by atoms with van der Waals surface area (Å²) in [6.07, 6.45) is 1.78. The van der Waals surface area contributed by atoms with Crippen molar-refractivity contribution in [1.82, 2.24) is 14.5 Å². The molecule has 1 aliphatic carbocycles. The molecule has 1 saturated carbocycles. The SMILES string of the molecule is N#CC1(CS(=O)(=O)N2CCc3nnc(-c4ccc(F)cc4)cc3C2)CC1. The largest absolute Gasteiger partial charge is 0.215 e. The zero-order valence-corrected chi connectivity index (χ0v) is 14.8. The van der Waals surface area contributed by atoms with Gasteiger partial charge in [0.05, 0.1) is 28.6 Å². The Bertz CT molecular complexity index is 995. The Kier molecular flexibility index (Phi) is 4.01. The van der Waals surface area contributed by atoms with Gasteiger partial charge < -0.3 is 0 Å². The molecule has 0 spiro atoms. The molecule has 0 unspecified atom stereocenters. The molecule has 0 saturated heterocycles. The van der Waals surface area contributed by atoms with Gasteiger partial charge in [-0.15, -0.1) is 0 Å². The molecule has 2 aromatic rings. The lowest BCUT2D eigenvalue weighted by Crippen LogP contribution is -2.39. The predicted molar refractivity (Wildman–Crippen MR) is 92.6 cm³/mol. The van der Waals surface area contributed by atoms with E-state index >= 15 is 0 Å². The number of sulfonamides is 1. The molecule has 134 valence electrons. The maximum absolute atomic E-state index is 13.1. The van der Waals surface area contributed by atoms with Crippen LogP contribution in [0.15, 0.2) is 30.3 Å². The molecular weight excluding hydrogens is 355 g/mol. The number of halogens is 1. The molecule has 4 rings (SSSR count). The Morgan fingerprint density at radius 3 is 2.62 bits per heavy atom. The third-order valence-corrected chi connectivity index (χ3v) is 7.00. The molecule has 1 aromatic carbocycles. The molecule has 0 bridgehead atoms. The van der Waals surface area contributed by atoms with Gasteiger partial charge in [-0.3, -0.25) is 0 Å². The van der Waals surface area contributed by atoms with Crippen LogP contribution in [0.25, 0.3) is 11.3 Å². The second-order valence-corrected chi connectivity index (χ2v) is 8.91. The highest BCUT2D eigenvalue weighted by Crippen LogP contribution is 2.46. The van der Waals surface area contributed by atoms with E-state index in [-0.39, 0.29) is 18.1 Å². The molecule has 0 amide bonds. The number of hydrogen-bond acceptors (Lipinski definition) is 5. The molecule has 8 heteroatoms. The van der Waals surface area contributed by atoms with Gasteiger partial charge in [0.15, 0.2) is 0 Å². The van der Waals surface area contributed by atoms with Crippen molar-refractivity contribution in [3.63, 3.8) is 0 Å². The van der Waals surface area contributed by atoms with E-state index in [1.54, 1.807) is 12.1 Å². The van der Waals surface area contributed by atoms with E-state index in [1.807, 2.05) is 6.07 Å². The lowest BCUT2D eigenvalue weighted by atomic mass is 10.0. The standard InChI is InChI=1S/C18H17FN4O2S/c19-15-3-1-13(2-4-15)17-9-14-10-23(8-5-16(14)21-22-17)26(24,25)12-18(11-20)6-7-18/h1-4,9H,5-8,10,12H2. The van der Waals surface area contributed by atoms with Crippen molar-refractivity contribution >= 4 is 10.0 Å². The summed E-state index contributed by atoms with van der Waals surface area (Å²) in [7, 11) is -3.50. The first-order chi connectivity index (χ1) is 12.4. The van der Waals surface area contributed by atoms with Crippen LogP contribution in [0.1, 0.15) is 24.1 Å². The van der Waals surface area contributed by atoms with Crippen molar-refractivity contribution in [2.45, 2.75) is 25.8 Å². The molecule has 2 heterocycles. The maximum Gasteiger partial charge on any atom is 0.215 e. The Hall–Kier alpha value is -2.37. The summed E-state index contributed by atoms with van der Waals surface area (Å²) >= 11 is 0. The molecule has 1 aliphatic heterocycles. The molecule has 1 fully saturated rings. The van der Waals surface area contributed by atoms with Crippen LogP contribution >= 0.6 is 0 Å². The van der Waals surface area contributed by atoms with E-state index in [4.69, 9.17) is 0 Å². The minimum absolute atomic E-state index is 0.116. The third kappa shape index (κ3) is 3.20. The van der Waals surface area contributed by atoms with Crippen LogP contribution in [0.3, 0.4) is 0 Å². The van der Waals surface area contributed by atoms with Gasteiger partial charge in [0.1, 0.15) is 5.82 Å². The summed E-state index contributed by atoms with van der Waals surface area (Å²) in [6, 6.07) is 9.90. The Morgan fingerprint density at radius 2 is 1.96 bits per heavy atom. The molecule has 0 N–H and O–H groups in total. The Morgan fingerprint density at radius 1 is 1.23 bits per heavy atom. The van der Waals surface area contributed by atoms with Crippen molar-refractivity contribution in [3.8, 4) is 17.3 Å². The number of hydrogen-bond donors (Lipinski definition) is 0. The number of fused-ring (bicyclic) bond motifs is 1. The summed E-state index contributed by atoms with van der Waals surface area (Å²) < 4.78 is 39.9. The van der Waals surface area contributed by atoms with E-state index in [1.165, 1.54) is 16.4 Å². The van der Waals surface area contributed by atoms with Gasteiger partial charge in [0.2, 0.25) is 10.0 Å². The first-order valence-corrected chi connectivity index (χ1v) is 10.0. The van der Waals surface area contributed by atoms with Gasteiger partial charge in [-0.05, 0) is 48.7 Å². The van der Waals surface area contributed by atoms with Crippen molar-refractivity contribution < 1.29 is 12.8 Å². The fourth-order valence-corrected chi connectivity index (χ4v) is 5.12. The first-order valence-electron chi connectivity index (χ1n) is 8.41. The predicted octanol–water partition coefficient (Wildman–Crippen LogP) is 2.27. The quantitative estimate of drug-likeness (QED) is 0.822. The van der Waals surface area contributed by atoms with Crippen LogP contribution in [-0.4, -0.2) is 35.2 Å². The van der Waals surface area contributed by atoms with Crippen LogP contribution < -0.4 is 0 Å². The van der Waals surface area contributed by atoms with Gasteiger partial charge in [0, 0.05) is 25.1 Å². The molecule has 6 nitrogen and oxygen atoms in total. The van der Waals surface area contributed by atoms with Crippen molar-refractivity contribution in [2.24, 2.45) is 5.41 Å². The zero-order chi connectivity index (χ0) is 18.4. The number of benzene rings is 1. The number of aromatic nitrogens is 2.